The van der Waals surface area contributed by atoms with Crippen molar-refractivity contribution in [2.75, 3.05) is 11.1 Å². The highest BCUT2D eigenvalue weighted by Gasteiger charge is 2.39. The fraction of sp³-hybridized carbons (Fsp3) is 0.348. The van der Waals surface area contributed by atoms with E-state index >= 15 is 0 Å². The molecule has 1 fully saturated rings. The van der Waals surface area contributed by atoms with E-state index in [2.05, 4.69) is 21.2 Å². The summed E-state index contributed by atoms with van der Waals surface area (Å²) in [6, 6.07) is 7.43. The molecule has 9 heteroatoms. The molecule has 0 saturated heterocycles. The number of aliphatic hydroxyl groups is 1. The normalized spacial score (nSPS) is 20.9. The van der Waals surface area contributed by atoms with Crippen molar-refractivity contribution in [2.24, 2.45) is 0 Å². The van der Waals surface area contributed by atoms with E-state index in [4.69, 9.17) is 6.42 Å². The monoisotopic (exact) mass is 452 g/mol. The largest absolute Gasteiger partial charge is 0.388 e. The van der Waals surface area contributed by atoms with Gasteiger partial charge >= 0.3 is 0 Å². The highest BCUT2D eigenvalue weighted by Crippen LogP contribution is 2.39. The van der Waals surface area contributed by atoms with Gasteiger partial charge in [-0.15, -0.1) is 6.42 Å². The van der Waals surface area contributed by atoms with Crippen LogP contribution in [0, 0.1) is 12.3 Å². The second-order valence-corrected chi connectivity index (χ2v) is 10.4. The fourth-order valence-electron chi connectivity index (χ4n) is 4.15. The number of terminal acetylenes is 1. The SMILES string of the molecule is C#Cc1cc2cnc(Nc3ccc(S(=O)(=O)CC)cc3)nc2n([C@@H]2CCC[C@@]2(C)O)c1=O. The van der Waals surface area contributed by atoms with Gasteiger partial charge in [0.15, 0.2) is 9.84 Å². The molecule has 4 rings (SSSR count). The van der Waals surface area contributed by atoms with Crippen molar-refractivity contribution in [3.05, 3.63) is 52.4 Å². The van der Waals surface area contributed by atoms with E-state index in [9.17, 15) is 18.3 Å². The third-order valence-electron chi connectivity index (χ3n) is 5.97. The first-order valence-corrected chi connectivity index (χ1v) is 12.0. The summed E-state index contributed by atoms with van der Waals surface area (Å²) in [5.41, 5.74) is -0.253. The van der Waals surface area contributed by atoms with Crippen molar-refractivity contribution in [2.45, 2.75) is 49.6 Å². The summed E-state index contributed by atoms with van der Waals surface area (Å²) >= 11 is 0. The molecule has 0 amide bonds. The number of sulfone groups is 1. The van der Waals surface area contributed by atoms with Gasteiger partial charge in [-0.2, -0.15) is 4.98 Å². The molecule has 166 valence electrons. The molecule has 1 aromatic carbocycles. The fourth-order valence-corrected chi connectivity index (χ4v) is 5.04. The quantitative estimate of drug-likeness (QED) is 0.572. The maximum atomic E-state index is 13.1. The van der Waals surface area contributed by atoms with Crippen molar-refractivity contribution in [3.8, 4) is 12.3 Å². The Labute approximate surface area is 186 Å². The summed E-state index contributed by atoms with van der Waals surface area (Å²) in [5, 5.41) is 14.5. The van der Waals surface area contributed by atoms with Crippen LogP contribution in [0.25, 0.3) is 11.0 Å². The smallest absolute Gasteiger partial charge is 0.268 e. The number of hydrogen-bond acceptors (Lipinski definition) is 7. The van der Waals surface area contributed by atoms with E-state index < -0.39 is 21.5 Å². The standard InChI is InChI=1S/C23H24N4O4S/c1-4-15-13-16-14-24-22(25-17-8-10-18(11-9-17)32(30,31)5-2)26-20(16)27(21(15)28)19-7-6-12-23(19,3)29/h1,8-11,13-14,19,29H,5-7,12H2,2-3H3,(H,24,25,26)/t19-,23-/m1/s1. The Balaban J connectivity index is 1.78. The summed E-state index contributed by atoms with van der Waals surface area (Å²) in [6.45, 7) is 3.31. The van der Waals surface area contributed by atoms with Gasteiger partial charge in [-0.3, -0.25) is 9.36 Å². The van der Waals surface area contributed by atoms with E-state index in [-0.39, 0.29) is 27.7 Å². The number of benzene rings is 1. The molecule has 2 heterocycles. The lowest BCUT2D eigenvalue weighted by atomic mass is 9.99. The van der Waals surface area contributed by atoms with Crippen LogP contribution >= 0.6 is 0 Å². The van der Waals surface area contributed by atoms with Crippen molar-refractivity contribution in [1.82, 2.24) is 14.5 Å². The molecule has 0 unspecified atom stereocenters. The molecule has 8 nitrogen and oxygen atoms in total. The van der Waals surface area contributed by atoms with Gasteiger partial charge in [-0.05, 0) is 56.5 Å². The molecular formula is C23H24N4O4S. The Bertz CT molecular complexity index is 1390. The number of hydrogen-bond donors (Lipinski definition) is 2. The molecule has 1 aliphatic carbocycles. The van der Waals surface area contributed by atoms with Crippen LogP contribution in [-0.4, -0.2) is 39.4 Å². The third-order valence-corrected chi connectivity index (χ3v) is 7.72. The third kappa shape index (κ3) is 3.87. The first-order chi connectivity index (χ1) is 15.2. The Hall–Kier alpha value is -3.22. The second kappa shape index (κ2) is 8.04. The number of rotatable bonds is 5. The van der Waals surface area contributed by atoms with E-state index in [1.54, 1.807) is 38.2 Å². The number of aromatic nitrogens is 3. The van der Waals surface area contributed by atoms with Gasteiger partial charge in [0.25, 0.3) is 5.56 Å². The van der Waals surface area contributed by atoms with Gasteiger partial charge in [-0.25, -0.2) is 13.4 Å². The van der Waals surface area contributed by atoms with E-state index in [1.165, 1.54) is 16.7 Å². The van der Waals surface area contributed by atoms with Crippen molar-refractivity contribution in [3.63, 3.8) is 0 Å². The summed E-state index contributed by atoms with van der Waals surface area (Å²) in [7, 11) is -3.29. The van der Waals surface area contributed by atoms with E-state index in [1.807, 2.05) is 0 Å². The molecule has 2 atom stereocenters. The summed E-state index contributed by atoms with van der Waals surface area (Å²) in [4.78, 5) is 22.2. The van der Waals surface area contributed by atoms with E-state index in [0.29, 0.717) is 29.6 Å². The average molecular weight is 453 g/mol. The van der Waals surface area contributed by atoms with Gasteiger partial charge in [-0.1, -0.05) is 12.8 Å². The van der Waals surface area contributed by atoms with E-state index in [0.717, 1.165) is 6.42 Å². The second-order valence-electron chi connectivity index (χ2n) is 8.17. The minimum absolute atomic E-state index is 0.0235. The van der Waals surface area contributed by atoms with Gasteiger partial charge in [0.2, 0.25) is 5.95 Å². The Morgan fingerprint density at radius 1 is 1.34 bits per heavy atom. The van der Waals surface area contributed by atoms with Crippen LogP contribution in [0.4, 0.5) is 11.6 Å². The number of fused-ring (bicyclic) bond motifs is 1. The Kier molecular flexibility index (Phi) is 5.53. The predicted octanol–water partition coefficient (Wildman–Crippen LogP) is 2.79. The highest BCUT2D eigenvalue weighted by molar-refractivity contribution is 7.91. The first kappa shape index (κ1) is 22.0. The van der Waals surface area contributed by atoms with Crippen LogP contribution < -0.4 is 10.9 Å². The Morgan fingerprint density at radius 2 is 2.06 bits per heavy atom. The molecule has 3 aromatic rings. The number of anilines is 2. The first-order valence-electron chi connectivity index (χ1n) is 10.4. The highest BCUT2D eigenvalue weighted by atomic mass is 32.2. The van der Waals surface area contributed by atoms with Gasteiger partial charge in [0.1, 0.15) is 5.65 Å². The zero-order valence-electron chi connectivity index (χ0n) is 17.9. The van der Waals surface area contributed by atoms with Crippen molar-refractivity contribution >= 4 is 32.5 Å². The van der Waals surface area contributed by atoms with Crippen LogP contribution in [-0.2, 0) is 9.84 Å². The molecule has 0 radical (unpaired) electrons. The summed E-state index contributed by atoms with van der Waals surface area (Å²) in [5.74, 6) is 2.68. The van der Waals surface area contributed by atoms with Gasteiger partial charge in [0.05, 0.1) is 27.9 Å². The number of nitrogens with one attached hydrogen (secondary N) is 1. The molecule has 1 aliphatic rings. The zero-order chi connectivity index (χ0) is 23.1. The van der Waals surface area contributed by atoms with Gasteiger partial charge in [0, 0.05) is 17.3 Å². The molecule has 2 N–H and O–H groups in total. The van der Waals surface area contributed by atoms with Crippen LogP contribution in [0.2, 0.25) is 0 Å². The van der Waals surface area contributed by atoms with Crippen molar-refractivity contribution < 1.29 is 13.5 Å². The lowest BCUT2D eigenvalue weighted by Gasteiger charge is -2.28. The summed E-state index contributed by atoms with van der Waals surface area (Å²) in [6.07, 6.45) is 9.11. The van der Waals surface area contributed by atoms with Crippen LogP contribution in [0.5, 0.6) is 0 Å². The van der Waals surface area contributed by atoms with Crippen LogP contribution in [0.3, 0.4) is 0 Å². The molecule has 1 saturated carbocycles. The van der Waals surface area contributed by atoms with Crippen molar-refractivity contribution in [1.29, 1.82) is 0 Å². The molecule has 2 aromatic heterocycles. The molecule has 0 spiro atoms. The van der Waals surface area contributed by atoms with Crippen LogP contribution in [0.1, 0.15) is 44.7 Å². The molecular weight excluding hydrogens is 428 g/mol. The number of pyridine rings is 1. The predicted molar refractivity (Wildman–Crippen MR) is 123 cm³/mol. The molecule has 0 bridgehead atoms. The number of nitrogens with zero attached hydrogens (tertiary/aromatic N) is 3. The topological polar surface area (TPSA) is 114 Å². The minimum Gasteiger partial charge on any atom is -0.388 e. The minimum atomic E-state index is -3.29. The van der Waals surface area contributed by atoms with Gasteiger partial charge < -0.3 is 10.4 Å². The average Bonchev–Trinajstić information content (AvgIpc) is 3.12. The molecule has 0 aliphatic heterocycles. The lowest BCUT2D eigenvalue weighted by molar-refractivity contribution is 0.0266. The summed E-state index contributed by atoms with van der Waals surface area (Å²) < 4.78 is 25.5. The maximum absolute atomic E-state index is 13.1. The lowest BCUT2D eigenvalue weighted by Crippen LogP contribution is -2.38. The zero-order valence-corrected chi connectivity index (χ0v) is 18.7. The maximum Gasteiger partial charge on any atom is 0.268 e. The Morgan fingerprint density at radius 3 is 2.66 bits per heavy atom. The molecule has 32 heavy (non-hydrogen) atoms. The van der Waals surface area contributed by atoms with Crippen LogP contribution in [0.15, 0.2) is 46.2 Å².